The van der Waals surface area contributed by atoms with E-state index in [0.29, 0.717) is 10.9 Å². The molecule has 0 radical (unpaired) electrons. The highest BCUT2D eigenvalue weighted by Crippen LogP contribution is 2.47. The van der Waals surface area contributed by atoms with Gasteiger partial charge in [-0.05, 0) is 90.0 Å². The SMILES string of the molecule is COc1ccc(OC)c(N2C(=S)N[C@H](c3ccccn3)[C@H]2c2cc(C)n(-c3ccccc3Br)c2C)c1. The minimum atomic E-state index is -0.171. The zero-order valence-corrected chi connectivity index (χ0v) is 22.9. The first-order valence-corrected chi connectivity index (χ1v) is 12.8. The number of aromatic nitrogens is 2. The maximum atomic E-state index is 5.94. The summed E-state index contributed by atoms with van der Waals surface area (Å²) in [6.45, 7) is 4.28. The molecule has 0 aliphatic carbocycles. The van der Waals surface area contributed by atoms with Crippen molar-refractivity contribution in [1.29, 1.82) is 0 Å². The van der Waals surface area contributed by atoms with Crippen LogP contribution < -0.4 is 19.7 Å². The first-order valence-electron chi connectivity index (χ1n) is 11.6. The van der Waals surface area contributed by atoms with E-state index in [2.05, 4.69) is 73.8 Å². The maximum Gasteiger partial charge on any atom is 0.174 e. The lowest BCUT2D eigenvalue weighted by atomic mass is 9.96. The Morgan fingerprint density at radius 3 is 2.42 bits per heavy atom. The van der Waals surface area contributed by atoms with Gasteiger partial charge in [-0.2, -0.15) is 0 Å². The third-order valence-electron chi connectivity index (χ3n) is 6.63. The minimum absolute atomic E-state index is 0.164. The highest BCUT2D eigenvalue weighted by Gasteiger charge is 2.43. The zero-order chi connectivity index (χ0) is 25.4. The van der Waals surface area contributed by atoms with Gasteiger partial charge in [0.2, 0.25) is 0 Å². The Hall–Kier alpha value is -3.36. The molecule has 0 unspecified atom stereocenters. The van der Waals surface area contributed by atoms with E-state index < -0.39 is 0 Å². The standard InChI is InChI=1S/C28H27BrN4O2S/c1-17-15-20(18(2)32(17)23-11-6-5-9-21(23)29)27-26(22-10-7-8-14-30-22)31-28(36)33(27)24-16-19(34-3)12-13-25(24)35-4/h5-16,26-27H,1-4H3,(H,31,36)/t26-,27-/m1/s1. The fourth-order valence-electron chi connectivity index (χ4n) is 5.01. The Bertz CT molecular complexity index is 1420. The molecule has 2 atom stereocenters. The van der Waals surface area contributed by atoms with Crippen molar-refractivity contribution in [2.75, 3.05) is 19.1 Å². The Morgan fingerprint density at radius 2 is 1.72 bits per heavy atom. The lowest BCUT2D eigenvalue weighted by Gasteiger charge is -2.29. The van der Waals surface area contributed by atoms with Crippen LogP contribution in [0.2, 0.25) is 0 Å². The molecule has 2 aromatic carbocycles. The van der Waals surface area contributed by atoms with Crippen molar-refractivity contribution in [3.05, 3.63) is 100 Å². The summed E-state index contributed by atoms with van der Waals surface area (Å²) in [7, 11) is 3.33. The molecule has 1 fully saturated rings. The van der Waals surface area contributed by atoms with E-state index in [9.17, 15) is 0 Å². The largest absolute Gasteiger partial charge is 0.497 e. The summed E-state index contributed by atoms with van der Waals surface area (Å²) in [4.78, 5) is 6.81. The average Bonchev–Trinajstić information content (AvgIpc) is 3.39. The molecule has 8 heteroatoms. The van der Waals surface area contributed by atoms with Crippen LogP contribution in [0.15, 0.2) is 77.4 Å². The molecule has 6 nitrogen and oxygen atoms in total. The van der Waals surface area contributed by atoms with Gasteiger partial charge in [-0.1, -0.05) is 18.2 Å². The number of hydrogen-bond acceptors (Lipinski definition) is 4. The number of para-hydroxylation sites is 1. The number of methoxy groups -OCH3 is 2. The van der Waals surface area contributed by atoms with E-state index in [-0.39, 0.29) is 12.1 Å². The lowest BCUT2D eigenvalue weighted by Crippen LogP contribution is -2.30. The topological polar surface area (TPSA) is 51.6 Å². The lowest BCUT2D eigenvalue weighted by molar-refractivity contribution is 0.403. The molecule has 0 amide bonds. The number of aryl methyl sites for hydroxylation is 1. The molecule has 184 valence electrons. The van der Waals surface area contributed by atoms with Crippen molar-refractivity contribution >= 4 is 38.9 Å². The number of nitrogens with one attached hydrogen (secondary N) is 1. The molecule has 4 aromatic rings. The van der Waals surface area contributed by atoms with Crippen molar-refractivity contribution in [2.24, 2.45) is 0 Å². The van der Waals surface area contributed by atoms with Crippen molar-refractivity contribution in [3.63, 3.8) is 0 Å². The van der Waals surface area contributed by atoms with Crippen LogP contribution in [-0.2, 0) is 0 Å². The van der Waals surface area contributed by atoms with Crippen LogP contribution >= 0.6 is 28.1 Å². The second-order valence-corrected chi connectivity index (χ2v) is 9.89. The zero-order valence-electron chi connectivity index (χ0n) is 20.5. The molecule has 36 heavy (non-hydrogen) atoms. The van der Waals surface area contributed by atoms with Crippen LogP contribution in [0.5, 0.6) is 11.5 Å². The molecule has 2 aromatic heterocycles. The van der Waals surface area contributed by atoms with Gasteiger partial charge in [0.15, 0.2) is 5.11 Å². The molecule has 5 rings (SSSR count). The third kappa shape index (κ3) is 4.14. The number of benzene rings is 2. The average molecular weight is 564 g/mol. The second-order valence-electron chi connectivity index (χ2n) is 8.65. The van der Waals surface area contributed by atoms with Gasteiger partial charge in [0.1, 0.15) is 11.5 Å². The molecular weight excluding hydrogens is 536 g/mol. The van der Waals surface area contributed by atoms with Gasteiger partial charge in [0.25, 0.3) is 0 Å². The van der Waals surface area contributed by atoms with Crippen molar-refractivity contribution in [1.82, 2.24) is 14.9 Å². The molecule has 1 aliphatic heterocycles. The summed E-state index contributed by atoms with van der Waals surface area (Å²) in [6.07, 6.45) is 1.82. The van der Waals surface area contributed by atoms with E-state index in [4.69, 9.17) is 21.7 Å². The van der Waals surface area contributed by atoms with E-state index in [0.717, 1.165) is 44.2 Å². The molecule has 1 saturated heterocycles. The maximum absolute atomic E-state index is 5.94. The van der Waals surface area contributed by atoms with E-state index >= 15 is 0 Å². The van der Waals surface area contributed by atoms with Gasteiger partial charge < -0.3 is 24.3 Å². The summed E-state index contributed by atoms with van der Waals surface area (Å²) < 4.78 is 14.6. The van der Waals surface area contributed by atoms with Crippen LogP contribution in [0.1, 0.15) is 34.7 Å². The first-order chi connectivity index (χ1) is 17.4. The number of anilines is 1. The minimum Gasteiger partial charge on any atom is -0.497 e. The van der Waals surface area contributed by atoms with Crippen LogP contribution in [0, 0.1) is 13.8 Å². The molecule has 0 spiro atoms. The van der Waals surface area contributed by atoms with Crippen molar-refractivity contribution < 1.29 is 9.47 Å². The predicted molar refractivity (Wildman–Crippen MR) is 150 cm³/mol. The highest BCUT2D eigenvalue weighted by atomic mass is 79.9. The summed E-state index contributed by atoms with van der Waals surface area (Å²) in [6, 6.07) is 21.9. The molecule has 1 aliphatic rings. The van der Waals surface area contributed by atoms with E-state index in [1.807, 2.05) is 48.7 Å². The second kappa shape index (κ2) is 9.95. The summed E-state index contributed by atoms with van der Waals surface area (Å²) >= 11 is 9.67. The Kier molecular flexibility index (Phi) is 6.73. The van der Waals surface area contributed by atoms with Gasteiger partial charge in [-0.15, -0.1) is 0 Å². The Labute approximate surface area is 225 Å². The highest BCUT2D eigenvalue weighted by molar-refractivity contribution is 9.10. The predicted octanol–water partition coefficient (Wildman–Crippen LogP) is 6.45. The number of hydrogen-bond donors (Lipinski definition) is 1. The summed E-state index contributed by atoms with van der Waals surface area (Å²) in [5.74, 6) is 1.44. The number of thiocarbonyl (C=S) groups is 1. The molecular formula is C28H27BrN4O2S. The van der Waals surface area contributed by atoms with Gasteiger partial charge in [0, 0.05) is 28.1 Å². The van der Waals surface area contributed by atoms with Gasteiger partial charge >= 0.3 is 0 Å². The molecule has 0 saturated carbocycles. The van der Waals surface area contributed by atoms with Crippen molar-refractivity contribution in [2.45, 2.75) is 25.9 Å². The molecule has 3 heterocycles. The smallest absolute Gasteiger partial charge is 0.174 e. The van der Waals surface area contributed by atoms with Crippen LogP contribution in [0.3, 0.4) is 0 Å². The van der Waals surface area contributed by atoms with E-state index in [1.54, 1.807) is 14.2 Å². The van der Waals surface area contributed by atoms with Crippen LogP contribution in [0.25, 0.3) is 5.69 Å². The fraction of sp³-hybridized carbons (Fsp3) is 0.214. The molecule has 1 N–H and O–H groups in total. The monoisotopic (exact) mass is 562 g/mol. The van der Waals surface area contributed by atoms with Crippen molar-refractivity contribution in [3.8, 4) is 17.2 Å². The summed E-state index contributed by atoms with van der Waals surface area (Å²) in [5.41, 5.74) is 6.25. The number of pyridine rings is 1. The van der Waals surface area contributed by atoms with Gasteiger partial charge in [-0.25, -0.2) is 0 Å². The number of ether oxygens (including phenoxy) is 2. The normalized spacial score (nSPS) is 17.2. The van der Waals surface area contributed by atoms with Gasteiger partial charge in [-0.3, -0.25) is 4.98 Å². The third-order valence-corrected chi connectivity index (χ3v) is 7.61. The van der Waals surface area contributed by atoms with Crippen LogP contribution in [-0.4, -0.2) is 28.9 Å². The number of rotatable bonds is 6. The Morgan fingerprint density at radius 1 is 0.944 bits per heavy atom. The summed E-state index contributed by atoms with van der Waals surface area (Å²) in [5, 5.41) is 4.15. The van der Waals surface area contributed by atoms with Gasteiger partial charge in [0.05, 0.1) is 43.4 Å². The first kappa shape index (κ1) is 24.3. The Balaban J connectivity index is 1.73. The quantitative estimate of drug-likeness (QED) is 0.273. The fourth-order valence-corrected chi connectivity index (χ4v) is 5.81. The number of nitrogens with zero attached hydrogens (tertiary/aromatic N) is 3. The van der Waals surface area contributed by atoms with E-state index in [1.165, 1.54) is 0 Å². The van der Waals surface area contributed by atoms with Crippen LogP contribution in [0.4, 0.5) is 5.69 Å². The molecule has 0 bridgehead atoms. The number of halogens is 1.